The second-order valence-electron chi connectivity index (χ2n) is 6.03. The van der Waals surface area contributed by atoms with E-state index in [-0.39, 0.29) is 0 Å². The van der Waals surface area contributed by atoms with Crippen molar-refractivity contribution in [3.8, 4) is 0 Å². The van der Waals surface area contributed by atoms with Crippen molar-refractivity contribution in [3.63, 3.8) is 0 Å². The van der Waals surface area contributed by atoms with Gasteiger partial charge in [0.25, 0.3) is 0 Å². The molecule has 0 aromatic rings. The largest absolute Gasteiger partial charge is 0.312 e. The molecule has 4 nitrogen and oxygen atoms in total. The Balaban J connectivity index is 2.34. The van der Waals surface area contributed by atoms with Crippen LogP contribution < -0.4 is 5.32 Å². The number of nitrogens with zero attached hydrogens (tertiary/aromatic N) is 1. The average molecular weight is 276 g/mol. The van der Waals surface area contributed by atoms with Gasteiger partial charge in [-0.3, -0.25) is 0 Å². The van der Waals surface area contributed by atoms with Crippen LogP contribution in [-0.4, -0.2) is 56.5 Å². The van der Waals surface area contributed by atoms with Crippen LogP contribution in [0.3, 0.4) is 0 Å². The fourth-order valence-corrected chi connectivity index (χ4v) is 2.54. The second kappa shape index (κ2) is 6.35. The molecule has 1 fully saturated rings. The zero-order chi connectivity index (χ0) is 13.8. The zero-order valence-electron chi connectivity index (χ0n) is 12.2. The first-order valence-electron chi connectivity index (χ1n) is 6.91. The molecule has 0 aromatic carbocycles. The lowest BCUT2D eigenvalue weighted by molar-refractivity contribution is 0.197. The van der Waals surface area contributed by atoms with Crippen molar-refractivity contribution in [2.75, 3.05) is 32.4 Å². The van der Waals surface area contributed by atoms with Gasteiger partial charge in [-0.1, -0.05) is 6.92 Å². The van der Waals surface area contributed by atoms with E-state index in [2.05, 4.69) is 17.1 Å². The van der Waals surface area contributed by atoms with Crippen LogP contribution in [0, 0.1) is 0 Å². The Labute approximate surface area is 112 Å². The molecular weight excluding hydrogens is 248 g/mol. The molecule has 0 aromatic heterocycles. The summed E-state index contributed by atoms with van der Waals surface area (Å²) >= 11 is 0. The molecule has 5 heteroatoms. The van der Waals surface area contributed by atoms with Gasteiger partial charge in [-0.2, -0.15) is 0 Å². The van der Waals surface area contributed by atoms with Crippen molar-refractivity contribution in [2.45, 2.75) is 50.8 Å². The van der Waals surface area contributed by atoms with E-state index in [9.17, 15) is 8.42 Å². The van der Waals surface area contributed by atoms with Gasteiger partial charge in [0.1, 0.15) is 0 Å². The van der Waals surface area contributed by atoms with Gasteiger partial charge in [0.2, 0.25) is 0 Å². The molecular formula is C13H28N2O2S. The van der Waals surface area contributed by atoms with E-state index >= 15 is 0 Å². The van der Waals surface area contributed by atoms with Crippen molar-refractivity contribution in [1.82, 2.24) is 10.2 Å². The lowest BCUT2D eigenvalue weighted by Crippen LogP contribution is -2.49. The highest BCUT2D eigenvalue weighted by Gasteiger charge is 2.31. The first-order chi connectivity index (χ1) is 8.26. The summed E-state index contributed by atoms with van der Waals surface area (Å²) in [4.78, 5) is 2.49. The molecule has 0 saturated carbocycles. The van der Waals surface area contributed by atoms with Gasteiger partial charge in [0, 0.05) is 18.8 Å². The molecule has 1 rings (SSSR count). The molecule has 108 valence electrons. The van der Waals surface area contributed by atoms with Gasteiger partial charge in [-0.15, -0.1) is 0 Å². The average Bonchev–Trinajstić information content (AvgIpc) is 2.27. The summed E-state index contributed by atoms with van der Waals surface area (Å²) < 4.78 is 22.6. The summed E-state index contributed by atoms with van der Waals surface area (Å²) in [7, 11) is -3.00. The van der Waals surface area contributed by atoms with Crippen molar-refractivity contribution in [2.24, 2.45) is 0 Å². The summed E-state index contributed by atoms with van der Waals surface area (Å²) in [5.74, 6) is 0. The number of piperidine rings is 1. The summed E-state index contributed by atoms with van der Waals surface area (Å²) in [6.07, 6.45) is 4.78. The quantitative estimate of drug-likeness (QED) is 0.794. The van der Waals surface area contributed by atoms with Crippen molar-refractivity contribution >= 4 is 9.84 Å². The molecule has 1 aliphatic heterocycles. The summed E-state index contributed by atoms with van der Waals surface area (Å²) in [5.41, 5.74) is 0. The highest BCUT2D eigenvalue weighted by Crippen LogP contribution is 2.16. The third kappa shape index (κ3) is 4.52. The van der Waals surface area contributed by atoms with Gasteiger partial charge in [-0.25, -0.2) is 8.42 Å². The van der Waals surface area contributed by atoms with Crippen LogP contribution in [0.1, 0.15) is 40.0 Å². The predicted molar refractivity (Wildman–Crippen MR) is 76.7 cm³/mol. The smallest absolute Gasteiger partial charge is 0.153 e. The molecule has 0 unspecified atom stereocenters. The molecule has 1 aliphatic rings. The van der Waals surface area contributed by atoms with E-state index in [1.54, 1.807) is 13.8 Å². The number of hydrogen-bond acceptors (Lipinski definition) is 4. The van der Waals surface area contributed by atoms with Gasteiger partial charge in [0.05, 0.1) is 4.75 Å². The Hall–Kier alpha value is -0.130. The molecule has 0 spiro atoms. The SMILES string of the molecule is CCCN1CCC(NCC(C)(C)S(C)(=O)=O)CC1. The Morgan fingerprint density at radius 1 is 1.28 bits per heavy atom. The van der Waals surface area contributed by atoms with E-state index in [0.29, 0.717) is 12.6 Å². The Bertz CT molecular complexity index is 344. The van der Waals surface area contributed by atoms with Crippen molar-refractivity contribution < 1.29 is 8.42 Å². The molecule has 1 saturated heterocycles. The highest BCUT2D eigenvalue weighted by molar-refractivity contribution is 7.92. The summed E-state index contributed by atoms with van der Waals surface area (Å²) in [5, 5.41) is 3.43. The van der Waals surface area contributed by atoms with Gasteiger partial charge < -0.3 is 10.2 Å². The van der Waals surface area contributed by atoms with Crippen LogP contribution in [-0.2, 0) is 9.84 Å². The monoisotopic (exact) mass is 276 g/mol. The molecule has 1 heterocycles. The normalized spacial score (nSPS) is 20.2. The van der Waals surface area contributed by atoms with Crippen LogP contribution in [0.2, 0.25) is 0 Å². The summed E-state index contributed by atoms with van der Waals surface area (Å²) in [6, 6.07) is 0.471. The van der Waals surface area contributed by atoms with Crippen molar-refractivity contribution in [1.29, 1.82) is 0 Å². The first kappa shape index (κ1) is 15.9. The number of sulfone groups is 1. The Kier molecular flexibility index (Phi) is 5.62. The molecule has 0 amide bonds. The molecule has 0 atom stereocenters. The molecule has 0 aliphatic carbocycles. The molecule has 18 heavy (non-hydrogen) atoms. The van der Waals surface area contributed by atoms with Crippen LogP contribution in [0.5, 0.6) is 0 Å². The van der Waals surface area contributed by atoms with E-state index in [4.69, 9.17) is 0 Å². The zero-order valence-corrected chi connectivity index (χ0v) is 13.0. The van der Waals surface area contributed by atoms with Crippen LogP contribution in [0.25, 0.3) is 0 Å². The third-order valence-corrected chi connectivity index (χ3v) is 6.10. The Morgan fingerprint density at radius 3 is 2.28 bits per heavy atom. The first-order valence-corrected chi connectivity index (χ1v) is 8.81. The van der Waals surface area contributed by atoms with Crippen molar-refractivity contribution in [3.05, 3.63) is 0 Å². The second-order valence-corrected chi connectivity index (χ2v) is 8.68. The standard InChI is InChI=1S/C13H28N2O2S/c1-5-8-15-9-6-12(7-10-15)14-11-13(2,3)18(4,16)17/h12,14H,5-11H2,1-4H3. The van der Waals surface area contributed by atoms with E-state index in [0.717, 1.165) is 25.9 Å². The minimum absolute atomic E-state index is 0.471. The van der Waals surface area contributed by atoms with E-state index < -0.39 is 14.6 Å². The van der Waals surface area contributed by atoms with E-state index in [1.165, 1.54) is 19.2 Å². The minimum Gasteiger partial charge on any atom is -0.312 e. The maximum atomic E-state index is 11.6. The lowest BCUT2D eigenvalue weighted by atomic mass is 10.0. The van der Waals surface area contributed by atoms with Crippen LogP contribution in [0.15, 0.2) is 0 Å². The van der Waals surface area contributed by atoms with Gasteiger partial charge in [-0.05, 0) is 52.7 Å². The lowest BCUT2D eigenvalue weighted by Gasteiger charge is -2.34. The fraction of sp³-hybridized carbons (Fsp3) is 1.00. The molecule has 0 bridgehead atoms. The van der Waals surface area contributed by atoms with Crippen LogP contribution >= 0.6 is 0 Å². The number of rotatable bonds is 6. The topological polar surface area (TPSA) is 49.4 Å². The van der Waals surface area contributed by atoms with E-state index in [1.807, 2.05) is 0 Å². The Morgan fingerprint density at radius 2 is 1.83 bits per heavy atom. The minimum atomic E-state index is -3.00. The number of likely N-dealkylation sites (tertiary alicyclic amines) is 1. The summed E-state index contributed by atoms with van der Waals surface area (Å²) in [6.45, 7) is 9.78. The fourth-order valence-electron chi connectivity index (χ4n) is 2.20. The number of nitrogens with one attached hydrogen (secondary N) is 1. The van der Waals surface area contributed by atoms with Gasteiger partial charge >= 0.3 is 0 Å². The maximum absolute atomic E-state index is 11.6. The van der Waals surface area contributed by atoms with Gasteiger partial charge in [0.15, 0.2) is 9.84 Å². The molecule has 1 N–H and O–H groups in total. The predicted octanol–water partition coefficient (Wildman–Crippen LogP) is 1.27. The highest BCUT2D eigenvalue weighted by atomic mass is 32.2. The maximum Gasteiger partial charge on any atom is 0.153 e. The third-order valence-electron chi connectivity index (χ3n) is 3.95. The molecule has 0 radical (unpaired) electrons. The van der Waals surface area contributed by atoms with Crippen LogP contribution in [0.4, 0.5) is 0 Å². The number of hydrogen-bond donors (Lipinski definition) is 1.